The Labute approximate surface area is 113 Å². The van der Waals surface area contributed by atoms with Crippen LogP contribution in [0.5, 0.6) is 5.75 Å². The Morgan fingerprint density at radius 2 is 1.47 bits per heavy atom. The largest absolute Gasteiger partial charge is 0.491 e. The van der Waals surface area contributed by atoms with Gasteiger partial charge in [-0.15, -0.1) is 0 Å². The van der Waals surface area contributed by atoms with Gasteiger partial charge in [-0.3, -0.25) is 0 Å². The summed E-state index contributed by atoms with van der Waals surface area (Å²) in [5.41, 5.74) is 2.50. The highest BCUT2D eigenvalue weighted by atomic mass is 16.5. The van der Waals surface area contributed by atoms with E-state index in [2.05, 4.69) is 17.4 Å². The molecule has 0 unspecified atom stereocenters. The van der Waals surface area contributed by atoms with Gasteiger partial charge in [0.15, 0.2) is 0 Å². The lowest BCUT2D eigenvalue weighted by molar-refractivity contribution is 0.201. The van der Waals surface area contributed by atoms with E-state index >= 15 is 0 Å². The van der Waals surface area contributed by atoms with Crippen LogP contribution in [-0.2, 0) is 13.1 Å². The molecule has 0 fully saturated rings. The predicted octanol–water partition coefficient (Wildman–Crippen LogP) is 2.35. The monoisotopic (exact) mass is 257 g/mol. The van der Waals surface area contributed by atoms with Crippen molar-refractivity contribution in [3.05, 3.63) is 65.7 Å². The molecule has 3 heteroatoms. The SMILES string of the molecule is OCCOc1ccc(CNCc2ccccc2)cc1. The van der Waals surface area contributed by atoms with Crippen LogP contribution < -0.4 is 10.1 Å². The average molecular weight is 257 g/mol. The molecular weight excluding hydrogens is 238 g/mol. The molecular formula is C16H19NO2. The van der Waals surface area contributed by atoms with Crippen LogP contribution in [0, 0.1) is 0 Å². The average Bonchev–Trinajstić information content (AvgIpc) is 2.47. The second-order valence-corrected chi connectivity index (χ2v) is 4.31. The summed E-state index contributed by atoms with van der Waals surface area (Å²) in [5.74, 6) is 0.792. The molecule has 0 aliphatic rings. The summed E-state index contributed by atoms with van der Waals surface area (Å²) < 4.78 is 5.31. The van der Waals surface area contributed by atoms with Gasteiger partial charge in [0.1, 0.15) is 12.4 Å². The normalized spacial score (nSPS) is 10.4. The van der Waals surface area contributed by atoms with Crippen molar-refractivity contribution < 1.29 is 9.84 Å². The zero-order chi connectivity index (χ0) is 13.3. The van der Waals surface area contributed by atoms with Crippen molar-refractivity contribution >= 4 is 0 Å². The Morgan fingerprint density at radius 3 is 2.11 bits per heavy atom. The van der Waals surface area contributed by atoms with Gasteiger partial charge in [0.05, 0.1) is 6.61 Å². The second-order valence-electron chi connectivity index (χ2n) is 4.31. The van der Waals surface area contributed by atoms with Gasteiger partial charge >= 0.3 is 0 Å². The summed E-state index contributed by atoms with van der Waals surface area (Å²) in [5, 5.41) is 12.1. The molecule has 2 aromatic rings. The summed E-state index contributed by atoms with van der Waals surface area (Å²) in [7, 11) is 0. The molecule has 19 heavy (non-hydrogen) atoms. The Morgan fingerprint density at radius 1 is 0.842 bits per heavy atom. The third kappa shape index (κ3) is 4.73. The van der Waals surface area contributed by atoms with Crippen molar-refractivity contribution in [2.75, 3.05) is 13.2 Å². The van der Waals surface area contributed by atoms with Crippen LogP contribution >= 0.6 is 0 Å². The van der Waals surface area contributed by atoms with Crippen LogP contribution in [0.4, 0.5) is 0 Å². The first kappa shape index (κ1) is 13.6. The van der Waals surface area contributed by atoms with Gasteiger partial charge in [-0.05, 0) is 23.3 Å². The van der Waals surface area contributed by atoms with Crippen molar-refractivity contribution in [2.24, 2.45) is 0 Å². The summed E-state index contributed by atoms with van der Waals surface area (Å²) in [6.45, 7) is 2.07. The summed E-state index contributed by atoms with van der Waals surface area (Å²) >= 11 is 0. The molecule has 0 aromatic heterocycles. The Balaban J connectivity index is 1.77. The highest BCUT2D eigenvalue weighted by Gasteiger charge is 1.96. The van der Waals surface area contributed by atoms with E-state index in [0.717, 1.165) is 18.8 Å². The fraction of sp³-hybridized carbons (Fsp3) is 0.250. The highest BCUT2D eigenvalue weighted by molar-refractivity contribution is 5.27. The lowest BCUT2D eigenvalue weighted by Crippen LogP contribution is -2.12. The van der Waals surface area contributed by atoms with Crippen LogP contribution in [0.25, 0.3) is 0 Å². The van der Waals surface area contributed by atoms with E-state index in [1.54, 1.807) is 0 Å². The van der Waals surface area contributed by atoms with Crippen LogP contribution in [0.15, 0.2) is 54.6 Å². The molecule has 0 aliphatic carbocycles. The molecule has 0 saturated carbocycles. The third-order valence-corrected chi connectivity index (χ3v) is 2.78. The fourth-order valence-electron chi connectivity index (χ4n) is 1.81. The minimum Gasteiger partial charge on any atom is -0.491 e. The van der Waals surface area contributed by atoms with Crippen LogP contribution in [-0.4, -0.2) is 18.3 Å². The number of aliphatic hydroxyl groups is 1. The van der Waals surface area contributed by atoms with E-state index in [1.165, 1.54) is 11.1 Å². The van der Waals surface area contributed by atoms with Crippen molar-refractivity contribution in [3.63, 3.8) is 0 Å². The topological polar surface area (TPSA) is 41.5 Å². The second kappa shape index (κ2) is 7.56. The van der Waals surface area contributed by atoms with E-state index in [1.807, 2.05) is 42.5 Å². The van der Waals surface area contributed by atoms with Crippen molar-refractivity contribution in [3.8, 4) is 5.75 Å². The molecule has 3 nitrogen and oxygen atoms in total. The number of nitrogens with one attached hydrogen (secondary N) is 1. The van der Waals surface area contributed by atoms with E-state index in [4.69, 9.17) is 9.84 Å². The number of ether oxygens (including phenoxy) is 1. The van der Waals surface area contributed by atoms with Gasteiger partial charge in [0.25, 0.3) is 0 Å². The minimum absolute atomic E-state index is 0.0420. The van der Waals surface area contributed by atoms with E-state index < -0.39 is 0 Å². The van der Waals surface area contributed by atoms with E-state index in [0.29, 0.717) is 6.61 Å². The number of hydrogen-bond donors (Lipinski definition) is 2. The fourth-order valence-corrected chi connectivity index (χ4v) is 1.81. The molecule has 2 rings (SSSR count). The molecule has 0 atom stereocenters. The quantitative estimate of drug-likeness (QED) is 0.800. The van der Waals surface area contributed by atoms with Crippen LogP contribution in [0.3, 0.4) is 0 Å². The molecule has 0 radical (unpaired) electrons. The molecule has 100 valence electrons. The van der Waals surface area contributed by atoms with Gasteiger partial charge < -0.3 is 15.2 Å². The zero-order valence-corrected chi connectivity index (χ0v) is 10.9. The molecule has 0 spiro atoms. The smallest absolute Gasteiger partial charge is 0.119 e. The molecule has 2 aromatic carbocycles. The minimum atomic E-state index is 0.0420. The van der Waals surface area contributed by atoms with E-state index in [9.17, 15) is 0 Å². The molecule has 0 heterocycles. The Kier molecular flexibility index (Phi) is 5.41. The van der Waals surface area contributed by atoms with Gasteiger partial charge in [0.2, 0.25) is 0 Å². The maximum Gasteiger partial charge on any atom is 0.119 e. The van der Waals surface area contributed by atoms with Crippen LogP contribution in [0.2, 0.25) is 0 Å². The van der Waals surface area contributed by atoms with Gasteiger partial charge in [0, 0.05) is 13.1 Å². The zero-order valence-electron chi connectivity index (χ0n) is 10.9. The number of benzene rings is 2. The van der Waals surface area contributed by atoms with Crippen molar-refractivity contribution in [1.82, 2.24) is 5.32 Å². The lowest BCUT2D eigenvalue weighted by atomic mass is 10.2. The Hall–Kier alpha value is -1.84. The van der Waals surface area contributed by atoms with Gasteiger partial charge in [-0.2, -0.15) is 0 Å². The van der Waals surface area contributed by atoms with Crippen molar-refractivity contribution in [2.45, 2.75) is 13.1 Å². The van der Waals surface area contributed by atoms with Crippen LogP contribution in [0.1, 0.15) is 11.1 Å². The first-order chi connectivity index (χ1) is 9.38. The molecule has 0 aliphatic heterocycles. The first-order valence-electron chi connectivity index (χ1n) is 6.46. The maximum atomic E-state index is 8.67. The Bertz CT molecular complexity index is 468. The maximum absolute atomic E-state index is 8.67. The van der Waals surface area contributed by atoms with Crippen molar-refractivity contribution in [1.29, 1.82) is 0 Å². The first-order valence-corrected chi connectivity index (χ1v) is 6.46. The molecule has 0 bridgehead atoms. The predicted molar refractivity (Wildman–Crippen MR) is 76.0 cm³/mol. The van der Waals surface area contributed by atoms with Gasteiger partial charge in [-0.1, -0.05) is 42.5 Å². The van der Waals surface area contributed by atoms with E-state index in [-0.39, 0.29) is 6.61 Å². The lowest BCUT2D eigenvalue weighted by Gasteiger charge is -2.07. The highest BCUT2D eigenvalue weighted by Crippen LogP contribution is 2.12. The molecule has 0 amide bonds. The summed E-state index contributed by atoms with van der Waals surface area (Å²) in [6.07, 6.45) is 0. The third-order valence-electron chi connectivity index (χ3n) is 2.78. The molecule has 0 saturated heterocycles. The standard InChI is InChI=1S/C16H19NO2/c18-10-11-19-16-8-6-15(7-9-16)13-17-12-14-4-2-1-3-5-14/h1-9,17-18H,10-13H2. The summed E-state index contributed by atoms with van der Waals surface area (Å²) in [4.78, 5) is 0. The number of rotatable bonds is 7. The number of aliphatic hydroxyl groups excluding tert-OH is 1. The summed E-state index contributed by atoms with van der Waals surface area (Å²) in [6, 6.07) is 18.3. The van der Waals surface area contributed by atoms with Gasteiger partial charge in [-0.25, -0.2) is 0 Å². The molecule has 2 N–H and O–H groups in total. The number of hydrogen-bond acceptors (Lipinski definition) is 3.